The molecule has 4 rings (SSSR count). The van der Waals surface area contributed by atoms with E-state index in [1.165, 1.54) is 4.31 Å². The molecule has 40 heavy (non-hydrogen) atoms. The molecule has 0 aromatic heterocycles. The zero-order valence-electron chi connectivity index (χ0n) is 23.0. The van der Waals surface area contributed by atoms with Crippen LogP contribution in [0.5, 0.6) is 11.5 Å². The van der Waals surface area contributed by atoms with Gasteiger partial charge in [0, 0.05) is 39.0 Å². The monoisotopic (exact) mass is 565 g/mol. The van der Waals surface area contributed by atoms with Gasteiger partial charge in [-0.15, -0.1) is 0 Å². The summed E-state index contributed by atoms with van der Waals surface area (Å²) in [5, 5.41) is 2.71. The summed E-state index contributed by atoms with van der Waals surface area (Å²) >= 11 is 0. The van der Waals surface area contributed by atoms with Crippen LogP contribution in [0.15, 0.2) is 72.8 Å². The van der Waals surface area contributed by atoms with Crippen LogP contribution in [-0.2, 0) is 32.6 Å². The SMILES string of the molecule is CNC(=O)[C@@H](Cc1ccccc1)N(Cc1ccccc1C)C(=O)CCCN(c1ccc2c(c1)OCO2)S(C)(=O)=O. The third-order valence-electron chi connectivity index (χ3n) is 6.92. The molecule has 0 saturated heterocycles. The molecule has 212 valence electrons. The predicted octanol–water partition coefficient (Wildman–Crippen LogP) is 3.66. The summed E-state index contributed by atoms with van der Waals surface area (Å²) in [4.78, 5) is 28.5. The molecule has 1 atom stereocenters. The number of anilines is 1. The van der Waals surface area contributed by atoms with Gasteiger partial charge in [-0.25, -0.2) is 8.42 Å². The van der Waals surface area contributed by atoms with Crippen molar-refractivity contribution in [3.05, 3.63) is 89.5 Å². The molecule has 1 N–H and O–H groups in total. The molecule has 0 spiro atoms. The van der Waals surface area contributed by atoms with Gasteiger partial charge in [-0.1, -0.05) is 54.6 Å². The van der Waals surface area contributed by atoms with Gasteiger partial charge in [0.25, 0.3) is 0 Å². The molecule has 3 aromatic carbocycles. The third kappa shape index (κ3) is 7.12. The van der Waals surface area contributed by atoms with Gasteiger partial charge in [-0.05, 0) is 42.2 Å². The first-order valence-corrected chi connectivity index (χ1v) is 15.0. The van der Waals surface area contributed by atoms with E-state index in [1.807, 2.05) is 61.5 Å². The lowest BCUT2D eigenvalue weighted by Crippen LogP contribution is -2.50. The number of hydrogen-bond acceptors (Lipinski definition) is 6. The van der Waals surface area contributed by atoms with Gasteiger partial charge in [0.2, 0.25) is 28.6 Å². The molecule has 1 aliphatic rings. The molecule has 0 saturated carbocycles. The van der Waals surface area contributed by atoms with Gasteiger partial charge in [0.1, 0.15) is 6.04 Å². The summed E-state index contributed by atoms with van der Waals surface area (Å²) in [6.07, 6.45) is 1.80. The summed E-state index contributed by atoms with van der Waals surface area (Å²) < 4.78 is 37.3. The number of likely N-dealkylation sites (N-methyl/N-ethyl adjacent to an activating group) is 1. The van der Waals surface area contributed by atoms with Gasteiger partial charge in [0.05, 0.1) is 11.9 Å². The van der Waals surface area contributed by atoms with Crippen molar-refractivity contribution in [2.24, 2.45) is 0 Å². The van der Waals surface area contributed by atoms with Crippen molar-refractivity contribution >= 4 is 27.5 Å². The zero-order valence-corrected chi connectivity index (χ0v) is 23.8. The van der Waals surface area contributed by atoms with Gasteiger partial charge >= 0.3 is 0 Å². The van der Waals surface area contributed by atoms with E-state index in [-0.39, 0.29) is 44.5 Å². The van der Waals surface area contributed by atoms with Crippen LogP contribution in [0.25, 0.3) is 0 Å². The number of nitrogens with zero attached hydrogens (tertiary/aromatic N) is 2. The second-order valence-electron chi connectivity index (χ2n) is 9.74. The van der Waals surface area contributed by atoms with Crippen molar-refractivity contribution in [1.82, 2.24) is 10.2 Å². The molecule has 10 heteroatoms. The Morgan fingerprint density at radius 1 is 0.975 bits per heavy atom. The average Bonchev–Trinajstić information content (AvgIpc) is 3.41. The Morgan fingerprint density at radius 3 is 2.38 bits per heavy atom. The van der Waals surface area contributed by atoms with E-state index in [2.05, 4.69) is 5.32 Å². The number of rotatable bonds is 12. The normalized spacial score (nSPS) is 13.0. The van der Waals surface area contributed by atoms with Crippen molar-refractivity contribution in [3.8, 4) is 11.5 Å². The Morgan fingerprint density at radius 2 is 1.68 bits per heavy atom. The number of fused-ring (bicyclic) bond motifs is 1. The van der Waals surface area contributed by atoms with Gasteiger partial charge < -0.3 is 19.7 Å². The van der Waals surface area contributed by atoms with Crippen LogP contribution < -0.4 is 19.1 Å². The van der Waals surface area contributed by atoms with E-state index >= 15 is 0 Å². The van der Waals surface area contributed by atoms with E-state index in [4.69, 9.17) is 9.47 Å². The van der Waals surface area contributed by atoms with Gasteiger partial charge in [0.15, 0.2) is 11.5 Å². The van der Waals surface area contributed by atoms with E-state index in [0.717, 1.165) is 22.9 Å². The fraction of sp³-hybridized carbons (Fsp3) is 0.333. The van der Waals surface area contributed by atoms with Crippen molar-refractivity contribution in [2.45, 2.75) is 38.8 Å². The summed E-state index contributed by atoms with van der Waals surface area (Å²) in [6.45, 7) is 2.40. The Labute approximate surface area is 235 Å². The number of carbonyl (C=O) groups is 2. The molecule has 0 radical (unpaired) electrons. The van der Waals surface area contributed by atoms with Crippen molar-refractivity contribution in [1.29, 1.82) is 0 Å². The second kappa shape index (κ2) is 12.9. The maximum atomic E-state index is 13.8. The average molecular weight is 566 g/mol. The first-order valence-electron chi connectivity index (χ1n) is 13.1. The quantitative estimate of drug-likeness (QED) is 0.360. The molecule has 3 aromatic rings. The lowest BCUT2D eigenvalue weighted by atomic mass is 10.0. The third-order valence-corrected chi connectivity index (χ3v) is 8.11. The Kier molecular flexibility index (Phi) is 9.31. The number of amides is 2. The zero-order chi connectivity index (χ0) is 28.7. The molecule has 0 bridgehead atoms. The smallest absolute Gasteiger partial charge is 0.242 e. The van der Waals surface area contributed by atoms with Crippen molar-refractivity contribution in [2.75, 3.05) is 30.9 Å². The highest BCUT2D eigenvalue weighted by Gasteiger charge is 2.30. The van der Waals surface area contributed by atoms with Crippen LogP contribution in [0.2, 0.25) is 0 Å². The first kappa shape index (κ1) is 28.9. The minimum atomic E-state index is -3.63. The summed E-state index contributed by atoms with van der Waals surface area (Å²) in [6, 6.07) is 21.5. The standard InChI is InChI=1S/C30H35N3O6S/c1-22-10-7-8-13-24(22)20-32(26(30(35)31-2)18-23-11-5-4-6-12-23)29(34)14-9-17-33(40(3,36)37)25-15-16-27-28(19-25)39-21-38-27/h4-8,10-13,15-16,19,26H,9,14,17-18,20-21H2,1-3H3,(H,31,35)/t26-/m1/s1. The van der Waals surface area contributed by atoms with E-state index in [1.54, 1.807) is 30.1 Å². The van der Waals surface area contributed by atoms with Crippen molar-refractivity contribution in [3.63, 3.8) is 0 Å². The minimum Gasteiger partial charge on any atom is -0.454 e. The number of sulfonamides is 1. The Hall–Kier alpha value is -4.05. The molecule has 0 aliphatic carbocycles. The highest BCUT2D eigenvalue weighted by atomic mass is 32.2. The number of hydrogen-bond donors (Lipinski definition) is 1. The maximum absolute atomic E-state index is 13.8. The highest BCUT2D eigenvalue weighted by Crippen LogP contribution is 2.36. The molecule has 9 nitrogen and oxygen atoms in total. The molecule has 0 fully saturated rings. The number of carbonyl (C=O) groups excluding carboxylic acids is 2. The van der Waals surface area contributed by atoms with Gasteiger partial charge in [-0.3, -0.25) is 13.9 Å². The van der Waals surface area contributed by atoms with E-state index < -0.39 is 16.1 Å². The molecule has 0 unspecified atom stereocenters. The number of nitrogens with one attached hydrogen (secondary N) is 1. The molecular formula is C30H35N3O6S. The number of ether oxygens (including phenoxy) is 2. The molecule has 1 aliphatic heterocycles. The minimum absolute atomic E-state index is 0.0603. The van der Waals surface area contributed by atoms with Crippen LogP contribution in [0.1, 0.15) is 29.5 Å². The molecule has 2 amide bonds. The summed E-state index contributed by atoms with van der Waals surface area (Å²) in [5.41, 5.74) is 3.32. The topological polar surface area (TPSA) is 105 Å². The highest BCUT2D eigenvalue weighted by molar-refractivity contribution is 7.92. The van der Waals surface area contributed by atoms with Crippen LogP contribution in [0.4, 0.5) is 5.69 Å². The van der Waals surface area contributed by atoms with Crippen LogP contribution in [0, 0.1) is 6.92 Å². The summed E-state index contributed by atoms with van der Waals surface area (Å²) in [7, 11) is -2.07. The summed E-state index contributed by atoms with van der Waals surface area (Å²) in [5.74, 6) is 0.537. The lowest BCUT2D eigenvalue weighted by molar-refractivity contribution is -0.141. The number of aryl methyl sites for hydroxylation is 1. The van der Waals surface area contributed by atoms with Gasteiger partial charge in [-0.2, -0.15) is 0 Å². The fourth-order valence-electron chi connectivity index (χ4n) is 4.74. The first-order chi connectivity index (χ1) is 19.2. The molecular weight excluding hydrogens is 530 g/mol. The molecule has 1 heterocycles. The Balaban J connectivity index is 1.55. The van der Waals surface area contributed by atoms with Crippen molar-refractivity contribution < 1.29 is 27.5 Å². The lowest BCUT2D eigenvalue weighted by Gasteiger charge is -2.32. The fourth-order valence-corrected chi connectivity index (χ4v) is 5.69. The van der Waals surface area contributed by atoms with Crippen LogP contribution in [-0.4, -0.2) is 57.8 Å². The predicted molar refractivity (Wildman–Crippen MR) is 154 cm³/mol. The number of benzene rings is 3. The van der Waals surface area contributed by atoms with E-state index in [0.29, 0.717) is 23.6 Å². The largest absolute Gasteiger partial charge is 0.454 e. The van der Waals surface area contributed by atoms with Crippen LogP contribution >= 0.6 is 0 Å². The maximum Gasteiger partial charge on any atom is 0.242 e. The van der Waals surface area contributed by atoms with E-state index in [9.17, 15) is 18.0 Å². The Bertz CT molecular complexity index is 1440. The van der Waals surface area contributed by atoms with Crippen LogP contribution in [0.3, 0.4) is 0 Å². The second-order valence-corrected chi connectivity index (χ2v) is 11.7.